The van der Waals surface area contributed by atoms with E-state index in [4.69, 9.17) is 17.3 Å². The van der Waals surface area contributed by atoms with Crippen LogP contribution in [-0.2, 0) is 11.3 Å². The molecule has 0 unspecified atom stereocenters. The van der Waals surface area contributed by atoms with Gasteiger partial charge in [0, 0.05) is 28.6 Å². The number of anilines is 1. The Morgan fingerprint density at radius 1 is 1.08 bits per heavy atom. The molecule has 0 aliphatic carbocycles. The lowest BCUT2D eigenvalue weighted by atomic mass is 10.2. The van der Waals surface area contributed by atoms with Crippen LogP contribution in [-0.4, -0.2) is 17.7 Å². The molecule has 0 aliphatic rings. The van der Waals surface area contributed by atoms with Crippen LogP contribution in [0.5, 0.6) is 0 Å². The third kappa shape index (κ3) is 6.14. The monoisotopic (exact) mass is 363 g/mol. The molecule has 5 nitrogen and oxygen atoms in total. The molecule has 3 amide bonds. The molecular formula is C17H18ClN3O2S. The van der Waals surface area contributed by atoms with Crippen LogP contribution in [0, 0.1) is 0 Å². The van der Waals surface area contributed by atoms with E-state index in [0.29, 0.717) is 29.4 Å². The first-order chi connectivity index (χ1) is 11.5. The van der Waals surface area contributed by atoms with E-state index in [0.717, 1.165) is 10.5 Å². The summed E-state index contributed by atoms with van der Waals surface area (Å²) in [7, 11) is 0. The Labute approximate surface area is 150 Å². The number of thioether (sulfide) groups is 1. The van der Waals surface area contributed by atoms with Crippen molar-refractivity contribution in [3.63, 3.8) is 0 Å². The molecule has 2 rings (SSSR count). The SMILES string of the molecule is NC(=O)CCSc1ccccc1NC(=O)NCc1ccc(Cl)cc1. The van der Waals surface area contributed by atoms with Gasteiger partial charge in [-0.2, -0.15) is 0 Å². The number of amides is 3. The predicted molar refractivity (Wildman–Crippen MR) is 98.3 cm³/mol. The molecule has 126 valence electrons. The van der Waals surface area contributed by atoms with Crippen LogP contribution in [0.1, 0.15) is 12.0 Å². The average Bonchev–Trinajstić information content (AvgIpc) is 2.55. The Bertz CT molecular complexity index is 707. The molecule has 0 saturated heterocycles. The third-order valence-electron chi connectivity index (χ3n) is 3.11. The zero-order chi connectivity index (χ0) is 17.4. The van der Waals surface area contributed by atoms with Crippen LogP contribution >= 0.6 is 23.4 Å². The van der Waals surface area contributed by atoms with Crippen molar-refractivity contribution in [2.24, 2.45) is 5.73 Å². The summed E-state index contributed by atoms with van der Waals surface area (Å²) in [6.07, 6.45) is 0.293. The third-order valence-corrected chi connectivity index (χ3v) is 4.43. The van der Waals surface area contributed by atoms with E-state index in [9.17, 15) is 9.59 Å². The number of nitrogens with one attached hydrogen (secondary N) is 2. The number of carbonyl (C=O) groups is 2. The zero-order valence-electron chi connectivity index (χ0n) is 12.9. The molecule has 2 aromatic carbocycles. The first-order valence-corrected chi connectivity index (χ1v) is 8.70. The summed E-state index contributed by atoms with van der Waals surface area (Å²) in [5, 5.41) is 6.27. The summed E-state index contributed by atoms with van der Waals surface area (Å²) in [6, 6.07) is 14.4. The normalized spacial score (nSPS) is 10.2. The largest absolute Gasteiger partial charge is 0.370 e. The smallest absolute Gasteiger partial charge is 0.319 e. The highest BCUT2D eigenvalue weighted by Crippen LogP contribution is 2.27. The van der Waals surface area contributed by atoms with Gasteiger partial charge in [-0.1, -0.05) is 35.9 Å². The van der Waals surface area contributed by atoms with Crippen LogP contribution in [0.3, 0.4) is 0 Å². The van der Waals surface area contributed by atoms with Gasteiger partial charge in [0.15, 0.2) is 0 Å². The maximum absolute atomic E-state index is 12.1. The minimum absolute atomic E-state index is 0.293. The van der Waals surface area contributed by atoms with Gasteiger partial charge in [-0.25, -0.2) is 4.79 Å². The number of para-hydroxylation sites is 1. The Morgan fingerprint density at radius 3 is 2.50 bits per heavy atom. The standard InChI is InChI=1S/C17H18ClN3O2S/c18-13-7-5-12(6-8-13)11-20-17(23)21-14-3-1-2-4-15(14)24-10-9-16(19)22/h1-8H,9-11H2,(H2,19,22)(H2,20,21,23). The number of halogens is 1. The van der Waals surface area contributed by atoms with Gasteiger partial charge < -0.3 is 16.4 Å². The summed E-state index contributed by atoms with van der Waals surface area (Å²) in [4.78, 5) is 23.8. The Morgan fingerprint density at radius 2 is 1.79 bits per heavy atom. The molecule has 24 heavy (non-hydrogen) atoms. The molecule has 2 aromatic rings. The predicted octanol–water partition coefficient (Wildman–Crippen LogP) is 3.63. The molecule has 0 aliphatic heterocycles. The molecular weight excluding hydrogens is 346 g/mol. The summed E-state index contributed by atoms with van der Waals surface area (Å²) in [5.41, 5.74) is 6.79. The van der Waals surface area contributed by atoms with Gasteiger partial charge in [-0.05, 0) is 29.8 Å². The van der Waals surface area contributed by atoms with Crippen molar-refractivity contribution in [3.8, 4) is 0 Å². The lowest BCUT2D eigenvalue weighted by Gasteiger charge is -2.11. The molecule has 0 heterocycles. The number of carbonyl (C=O) groups excluding carboxylic acids is 2. The highest BCUT2D eigenvalue weighted by Gasteiger charge is 2.07. The van der Waals surface area contributed by atoms with Gasteiger partial charge in [-0.15, -0.1) is 11.8 Å². The van der Waals surface area contributed by atoms with Gasteiger partial charge >= 0.3 is 6.03 Å². The second-order valence-electron chi connectivity index (χ2n) is 5.00. The van der Waals surface area contributed by atoms with E-state index in [1.807, 2.05) is 36.4 Å². The zero-order valence-corrected chi connectivity index (χ0v) is 14.5. The van der Waals surface area contributed by atoms with Crippen molar-refractivity contribution in [1.82, 2.24) is 5.32 Å². The topological polar surface area (TPSA) is 84.2 Å². The van der Waals surface area contributed by atoms with Crippen LogP contribution < -0.4 is 16.4 Å². The molecule has 4 N–H and O–H groups in total. The van der Waals surface area contributed by atoms with E-state index in [1.165, 1.54) is 11.8 Å². The van der Waals surface area contributed by atoms with Crippen LogP contribution in [0.2, 0.25) is 5.02 Å². The molecule has 0 fully saturated rings. The second-order valence-corrected chi connectivity index (χ2v) is 6.57. The second kappa shape index (κ2) is 9.20. The lowest BCUT2D eigenvalue weighted by molar-refractivity contribution is -0.117. The van der Waals surface area contributed by atoms with E-state index in [1.54, 1.807) is 12.1 Å². The van der Waals surface area contributed by atoms with E-state index in [2.05, 4.69) is 10.6 Å². The molecule has 0 spiro atoms. The maximum atomic E-state index is 12.1. The number of rotatable bonds is 7. The first-order valence-electron chi connectivity index (χ1n) is 7.34. The Hall–Kier alpha value is -2.18. The quantitative estimate of drug-likeness (QED) is 0.657. The maximum Gasteiger partial charge on any atom is 0.319 e. The van der Waals surface area contributed by atoms with Crippen LogP contribution in [0.25, 0.3) is 0 Å². The fraction of sp³-hybridized carbons (Fsp3) is 0.176. The highest BCUT2D eigenvalue weighted by molar-refractivity contribution is 7.99. The lowest BCUT2D eigenvalue weighted by Crippen LogP contribution is -2.28. The molecule has 0 aromatic heterocycles. The Balaban J connectivity index is 1.88. The Kier molecular flexibility index (Phi) is 6.96. The molecule has 0 atom stereocenters. The van der Waals surface area contributed by atoms with Crippen molar-refractivity contribution < 1.29 is 9.59 Å². The van der Waals surface area contributed by atoms with E-state index >= 15 is 0 Å². The number of urea groups is 1. The first kappa shape index (κ1) is 18.2. The summed E-state index contributed by atoms with van der Waals surface area (Å²) >= 11 is 7.30. The van der Waals surface area contributed by atoms with Gasteiger partial charge in [0.05, 0.1) is 5.69 Å². The van der Waals surface area contributed by atoms with Crippen molar-refractivity contribution in [2.45, 2.75) is 17.9 Å². The van der Waals surface area contributed by atoms with Gasteiger partial charge in [0.1, 0.15) is 0 Å². The number of primary amides is 1. The summed E-state index contributed by atoms with van der Waals surface area (Å²) < 4.78 is 0. The fourth-order valence-electron chi connectivity index (χ4n) is 1.91. The van der Waals surface area contributed by atoms with E-state index in [-0.39, 0.29) is 11.9 Å². The average molecular weight is 364 g/mol. The summed E-state index contributed by atoms with van der Waals surface area (Å²) in [5.74, 6) is 0.231. The van der Waals surface area contributed by atoms with Crippen molar-refractivity contribution >= 4 is 41.0 Å². The molecule has 0 radical (unpaired) electrons. The minimum Gasteiger partial charge on any atom is -0.370 e. The van der Waals surface area contributed by atoms with E-state index < -0.39 is 0 Å². The van der Waals surface area contributed by atoms with Gasteiger partial charge in [-0.3, -0.25) is 4.79 Å². The number of benzene rings is 2. The number of hydrogen-bond donors (Lipinski definition) is 3. The van der Waals surface area contributed by atoms with Crippen LogP contribution in [0.15, 0.2) is 53.4 Å². The number of hydrogen-bond acceptors (Lipinski definition) is 3. The molecule has 0 bridgehead atoms. The van der Waals surface area contributed by atoms with Gasteiger partial charge in [0.2, 0.25) is 5.91 Å². The van der Waals surface area contributed by atoms with Crippen molar-refractivity contribution in [1.29, 1.82) is 0 Å². The van der Waals surface area contributed by atoms with Crippen molar-refractivity contribution in [2.75, 3.05) is 11.1 Å². The highest BCUT2D eigenvalue weighted by atomic mass is 35.5. The summed E-state index contributed by atoms with van der Waals surface area (Å²) in [6.45, 7) is 0.403. The molecule has 7 heteroatoms. The fourth-order valence-corrected chi connectivity index (χ4v) is 3.01. The van der Waals surface area contributed by atoms with Gasteiger partial charge in [0.25, 0.3) is 0 Å². The minimum atomic E-state index is -0.339. The van der Waals surface area contributed by atoms with Crippen molar-refractivity contribution in [3.05, 3.63) is 59.1 Å². The molecule has 0 saturated carbocycles. The van der Waals surface area contributed by atoms with Crippen LogP contribution in [0.4, 0.5) is 10.5 Å². The number of nitrogens with two attached hydrogens (primary N) is 1.